The minimum atomic E-state index is -0.302. The Kier molecular flexibility index (Phi) is 6.99. The van der Waals surface area contributed by atoms with E-state index in [2.05, 4.69) is 18.3 Å². The van der Waals surface area contributed by atoms with Crippen LogP contribution >= 0.6 is 12.4 Å². The quantitative estimate of drug-likeness (QED) is 0.904. The van der Waals surface area contributed by atoms with Crippen LogP contribution in [-0.2, 0) is 6.42 Å². The van der Waals surface area contributed by atoms with Crippen LogP contribution in [0.3, 0.4) is 0 Å². The van der Waals surface area contributed by atoms with Crippen molar-refractivity contribution in [1.82, 2.24) is 10.2 Å². The van der Waals surface area contributed by atoms with Gasteiger partial charge < -0.3 is 15.0 Å². The Morgan fingerprint density at radius 1 is 1.43 bits per heavy atom. The average Bonchev–Trinajstić information content (AvgIpc) is 2.86. The van der Waals surface area contributed by atoms with Gasteiger partial charge in [0.15, 0.2) is 0 Å². The third-order valence-corrected chi connectivity index (χ3v) is 3.83. The first kappa shape index (κ1) is 17.8. The molecule has 118 valence electrons. The lowest BCUT2D eigenvalue weighted by molar-refractivity contribution is 0.165. The Hall–Kier alpha value is -1.26. The molecule has 0 heterocycles. The minimum absolute atomic E-state index is 0. The SMILES string of the molecule is CCCNC1CCc2ccc(OC(=O)N(C)CC)cc21.Cl. The minimum Gasteiger partial charge on any atom is -0.410 e. The maximum atomic E-state index is 11.8. The summed E-state index contributed by atoms with van der Waals surface area (Å²) in [5.41, 5.74) is 2.64. The number of halogens is 1. The summed E-state index contributed by atoms with van der Waals surface area (Å²) < 4.78 is 5.40. The van der Waals surface area contributed by atoms with Crippen molar-refractivity contribution in [2.24, 2.45) is 0 Å². The van der Waals surface area contributed by atoms with Crippen molar-refractivity contribution in [2.75, 3.05) is 20.1 Å². The number of fused-ring (bicyclic) bond motifs is 1. The Morgan fingerprint density at radius 3 is 2.86 bits per heavy atom. The summed E-state index contributed by atoms with van der Waals surface area (Å²) in [6, 6.07) is 6.38. The first-order valence-electron chi connectivity index (χ1n) is 7.44. The Bertz CT molecular complexity index is 479. The third kappa shape index (κ3) is 4.35. The van der Waals surface area contributed by atoms with E-state index >= 15 is 0 Å². The fourth-order valence-electron chi connectivity index (χ4n) is 2.48. The van der Waals surface area contributed by atoms with Crippen molar-refractivity contribution in [2.45, 2.75) is 39.2 Å². The third-order valence-electron chi connectivity index (χ3n) is 3.83. The van der Waals surface area contributed by atoms with Gasteiger partial charge in [0.1, 0.15) is 5.75 Å². The second-order valence-corrected chi connectivity index (χ2v) is 5.29. The molecule has 0 aliphatic heterocycles. The van der Waals surface area contributed by atoms with E-state index in [1.165, 1.54) is 11.1 Å². The van der Waals surface area contributed by atoms with Gasteiger partial charge in [-0.2, -0.15) is 0 Å². The number of aryl methyl sites for hydroxylation is 1. The summed E-state index contributed by atoms with van der Waals surface area (Å²) in [5, 5.41) is 3.55. The highest BCUT2D eigenvalue weighted by Gasteiger charge is 2.22. The van der Waals surface area contributed by atoms with Gasteiger partial charge in [-0.3, -0.25) is 0 Å². The van der Waals surface area contributed by atoms with E-state index < -0.39 is 0 Å². The first-order chi connectivity index (χ1) is 9.65. The molecule has 0 fully saturated rings. The molecule has 1 aromatic rings. The lowest BCUT2D eigenvalue weighted by Gasteiger charge is -2.16. The predicted molar refractivity (Wildman–Crippen MR) is 87.4 cm³/mol. The van der Waals surface area contributed by atoms with Crippen LogP contribution in [0.25, 0.3) is 0 Å². The zero-order valence-corrected chi connectivity index (χ0v) is 13.8. The molecule has 0 bridgehead atoms. The van der Waals surface area contributed by atoms with E-state index in [-0.39, 0.29) is 18.5 Å². The molecule has 0 spiro atoms. The van der Waals surface area contributed by atoms with Crippen molar-refractivity contribution in [3.05, 3.63) is 29.3 Å². The number of carbonyl (C=O) groups is 1. The molecule has 2 rings (SSSR count). The van der Waals surface area contributed by atoms with Crippen molar-refractivity contribution >= 4 is 18.5 Å². The summed E-state index contributed by atoms with van der Waals surface area (Å²) in [6.07, 6.45) is 3.05. The van der Waals surface area contributed by atoms with E-state index in [0.717, 1.165) is 25.8 Å². The van der Waals surface area contributed by atoms with Crippen molar-refractivity contribution in [3.8, 4) is 5.75 Å². The zero-order chi connectivity index (χ0) is 14.5. The van der Waals surface area contributed by atoms with Crippen LogP contribution in [0.1, 0.15) is 43.9 Å². The van der Waals surface area contributed by atoms with E-state index in [4.69, 9.17) is 4.74 Å². The van der Waals surface area contributed by atoms with Gasteiger partial charge in [0, 0.05) is 19.6 Å². The molecule has 4 nitrogen and oxygen atoms in total. The Morgan fingerprint density at radius 2 is 2.19 bits per heavy atom. The smallest absolute Gasteiger partial charge is 0.410 e. The molecule has 1 aliphatic carbocycles. The van der Waals surface area contributed by atoms with Crippen LogP contribution in [0.2, 0.25) is 0 Å². The van der Waals surface area contributed by atoms with Gasteiger partial charge in [0.25, 0.3) is 0 Å². The first-order valence-corrected chi connectivity index (χ1v) is 7.44. The molecule has 1 atom stereocenters. The van der Waals surface area contributed by atoms with E-state index in [9.17, 15) is 4.79 Å². The van der Waals surface area contributed by atoms with Gasteiger partial charge >= 0.3 is 6.09 Å². The number of benzene rings is 1. The fourth-order valence-corrected chi connectivity index (χ4v) is 2.48. The topological polar surface area (TPSA) is 41.6 Å². The molecular formula is C16H25ClN2O2. The zero-order valence-electron chi connectivity index (χ0n) is 13.0. The van der Waals surface area contributed by atoms with E-state index in [0.29, 0.717) is 18.3 Å². The van der Waals surface area contributed by atoms with E-state index in [1.807, 2.05) is 19.1 Å². The Labute approximate surface area is 133 Å². The van der Waals surface area contributed by atoms with Crippen molar-refractivity contribution < 1.29 is 9.53 Å². The second kappa shape index (κ2) is 8.25. The van der Waals surface area contributed by atoms with Gasteiger partial charge in [-0.25, -0.2) is 4.79 Å². The molecule has 0 saturated carbocycles. The Balaban J connectivity index is 0.00000220. The molecule has 1 amide bonds. The fraction of sp³-hybridized carbons (Fsp3) is 0.562. The van der Waals surface area contributed by atoms with Crippen molar-refractivity contribution in [1.29, 1.82) is 0 Å². The van der Waals surface area contributed by atoms with Gasteiger partial charge in [-0.05, 0) is 56.0 Å². The molecule has 1 unspecified atom stereocenters. The highest BCUT2D eigenvalue weighted by molar-refractivity contribution is 5.85. The molecule has 1 N–H and O–H groups in total. The maximum absolute atomic E-state index is 11.8. The number of hydrogen-bond acceptors (Lipinski definition) is 3. The molecular weight excluding hydrogens is 288 g/mol. The molecule has 21 heavy (non-hydrogen) atoms. The number of nitrogens with one attached hydrogen (secondary N) is 1. The summed E-state index contributed by atoms with van der Waals surface area (Å²) >= 11 is 0. The standard InChI is InChI=1S/C16H24N2O2.ClH/c1-4-10-17-15-9-7-12-6-8-13(11-14(12)15)20-16(19)18(3)5-2;/h6,8,11,15,17H,4-5,7,9-10H2,1-3H3;1H. The van der Waals surface area contributed by atoms with Gasteiger partial charge in [0.2, 0.25) is 0 Å². The van der Waals surface area contributed by atoms with Crippen LogP contribution in [0, 0.1) is 0 Å². The van der Waals surface area contributed by atoms with Crippen molar-refractivity contribution in [3.63, 3.8) is 0 Å². The number of carbonyl (C=O) groups excluding carboxylic acids is 1. The summed E-state index contributed by atoms with van der Waals surface area (Å²) in [6.45, 7) is 5.76. The van der Waals surface area contributed by atoms with Gasteiger partial charge in [-0.1, -0.05) is 13.0 Å². The van der Waals surface area contributed by atoms with E-state index in [1.54, 1.807) is 11.9 Å². The highest BCUT2D eigenvalue weighted by atomic mass is 35.5. The predicted octanol–water partition coefficient (Wildman–Crippen LogP) is 3.55. The average molecular weight is 313 g/mol. The van der Waals surface area contributed by atoms with Crippen LogP contribution in [0.15, 0.2) is 18.2 Å². The van der Waals surface area contributed by atoms with Gasteiger partial charge in [-0.15, -0.1) is 12.4 Å². The van der Waals surface area contributed by atoms with Crippen LogP contribution in [0.4, 0.5) is 4.79 Å². The van der Waals surface area contributed by atoms with Crippen LogP contribution < -0.4 is 10.1 Å². The normalized spacial score (nSPS) is 16.0. The van der Waals surface area contributed by atoms with Crippen LogP contribution in [-0.4, -0.2) is 31.1 Å². The second-order valence-electron chi connectivity index (χ2n) is 5.29. The molecule has 0 saturated heterocycles. The van der Waals surface area contributed by atoms with Gasteiger partial charge in [0.05, 0.1) is 0 Å². The number of ether oxygens (including phenoxy) is 1. The molecule has 5 heteroatoms. The number of amides is 1. The molecule has 0 radical (unpaired) electrons. The highest BCUT2D eigenvalue weighted by Crippen LogP contribution is 2.33. The molecule has 1 aromatic carbocycles. The molecule has 0 aromatic heterocycles. The number of nitrogens with zero attached hydrogens (tertiary/aromatic N) is 1. The largest absolute Gasteiger partial charge is 0.414 e. The summed E-state index contributed by atoms with van der Waals surface area (Å²) in [5.74, 6) is 0.638. The monoisotopic (exact) mass is 312 g/mol. The maximum Gasteiger partial charge on any atom is 0.414 e. The lowest BCUT2D eigenvalue weighted by Crippen LogP contribution is -2.29. The number of hydrogen-bond donors (Lipinski definition) is 1. The van der Waals surface area contributed by atoms with Crippen LogP contribution in [0.5, 0.6) is 5.75 Å². The summed E-state index contributed by atoms with van der Waals surface area (Å²) in [4.78, 5) is 13.3. The number of rotatable bonds is 5. The molecule has 1 aliphatic rings. The summed E-state index contributed by atoms with van der Waals surface area (Å²) in [7, 11) is 1.74. The lowest BCUT2D eigenvalue weighted by atomic mass is 10.1.